The van der Waals surface area contributed by atoms with E-state index < -0.39 is 6.09 Å². The van der Waals surface area contributed by atoms with E-state index in [0.29, 0.717) is 24.4 Å². The molecule has 0 saturated carbocycles. The van der Waals surface area contributed by atoms with Crippen molar-refractivity contribution >= 4 is 17.7 Å². The summed E-state index contributed by atoms with van der Waals surface area (Å²) in [6, 6.07) is 16.8. The Morgan fingerprint density at radius 3 is 2.54 bits per heavy atom. The van der Waals surface area contributed by atoms with Gasteiger partial charge >= 0.3 is 6.09 Å². The molecule has 0 atom stereocenters. The van der Waals surface area contributed by atoms with Crippen molar-refractivity contribution in [2.24, 2.45) is 0 Å². The number of carbonyl (C=O) groups excluding carboxylic acids is 2. The average Bonchev–Trinajstić information content (AvgIpc) is 2.60. The molecule has 0 saturated heterocycles. The van der Waals surface area contributed by atoms with E-state index in [1.54, 1.807) is 38.2 Å². The molecule has 0 fully saturated rings. The van der Waals surface area contributed by atoms with Gasteiger partial charge in [0, 0.05) is 31.8 Å². The zero-order valence-electron chi connectivity index (χ0n) is 14.0. The van der Waals surface area contributed by atoms with Gasteiger partial charge in [-0.15, -0.1) is 0 Å². The Balaban J connectivity index is 1.89. The van der Waals surface area contributed by atoms with Gasteiger partial charge in [0.15, 0.2) is 0 Å². The number of benzene rings is 2. The Bertz CT molecular complexity index is 686. The summed E-state index contributed by atoms with van der Waals surface area (Å²) in [5.41, 5.74) is 1.78. The van der Waals surface area contributed by atoms with Crippen molar-refractivity contribution in [3.63, 3.8) is 0 Å². The third kappa shape index (κ3) is 5.43. The number of amides is 2. The van der Waals surface area contributed by atoms with Gasteiger partial charge in [-0.1, -0.05) is 43.3 Å². The van der Waals surface area contributed by atoms with E-state index >= 15 is 0 Å². The molecule has 0 spiro atoms. The molecule has 126 valence electrons. The second-order valence-electron chi connectivity index (χ2n) is 5.45. The van der Waals surface area contributed by atoms with Gasteiger partial charge in [-0.2, -0.15) is 0 Å². The number of nitrogens with one attached hydrogen (secondary N) is 1. The van der Waals surface area contributed by atoms with Crippen LogP contribution in [0.4, 0.5) is 10.5 Å². The van der Waals surface area contributed by atoms with Crippen LogP contribution in [-0.2, 0) is 11.2 Å². The molecule has 0 aliphatic heterocycles. The molecule has 2 aromatic rings. The monoisotopic (exact) mass is 326 g/mol. The lowest BCUT2D eigenvalue weighted by Crippen LogP contribution is -2.31. The molecule has 0 bridgehead atoms. The summed E-state index contributed by atoms with van der Waals surface area (Å²) in [6.45, 7) is 2.34. The highest BCUT2D eigenvalue weighted by atomic mass is 16.6. The fraction of sp³-hybridized carbons (Fsp3) is 0.263. The van der Waals surface area contributed by atoms with E-state index in [4.69, 9.17) is 4.74 Å². The molecular formula is C19H22N2O3. The number of hydrogen-bond donors (Lipinski definition) is 1. The van der Waals surface area contributed by atoms with Crippen LogP contribution in [0.1, 0.15) is 18.9 Å². The molecule has 0 radical (unpaired) electrons. The number of anilines is 1. The molecular weight excluding hydrogens is 304 g/mol. The SMILES string of the molecule is CCC(=O)Nc1cccc(OC(=O)N(C)CCc2ccccc2)c1. The minimum absolute atomic E-state index is 0.0848. The van der Waals surface area contributed by atoms with Crippen molar-refractivity contribution in [1.29, 1.82) is 0 Å². The topological polar surface area (TPSA) is 58.6 Å². The standard InChI is InChI=1S/C19H22N2O3/c1-3-18(22)20-16-10-7-11-17(14-16)24-19(23)21(2)13-12-15-8-5-4-6-9-15/h4-11,14H,3,12-13H2,1-2H3,(H,20,22). The van der Waals surface area contributed by atoms with Gasteiger partial charge in [-0.05, 0) is 24.1 Å². The summed E-state index contributed by atoms with van der Waals surface area (Å²) >= 11 is 0. The maximum Gasteiger partial charge on any atom is 0.414 e. The van der Waals surface area contributed by atoms with Gasteiger partial charge in [-0.25, -0.2) is 4.79 Å². The third-order valence-corrected chi connectivity index (χ3v) is 3.53. The highest BCUT2D eigenvalue weighted by molar-refractivity contribution is 5.90. The van der Waals surface area contributed by atoms with E-state index in [2.05, 4.69) is 5.32 Å². The van der Waals surface area contributed by atoms with Gasteiger partial charge in [0.05, 0.1) is 0 Å². The molecule has 1 N–H and O–H groups in total. The maximum absolute atomic E-state index is 12.1. The van der Waals surface area contributed by atoms with Crippen molar-refractivity contribution in [2.45, 2.75) is 19.8 Å². The Morgan fingerprint density at radius 1 is 1.08 bits per heavy atom. The fourth-order valence-corrected chi connectivity index (χ4v) is 2.10. The first-order valence-electron chi connectivity index (χ1n) is 7.95. The molecule has 0 aliphatic carbocycles. The number of likely N-dealkylation sites (N-methyl/N-ethyl adjacent to an activating group) is 1. The number of rotatable bonds is 6. The molecule has 0 heterocycles. The largest absolute Gasteiger partial charge is 0.414 e. The molecule has 5 heteroatoms. The van der Waals surface area contributed by atoms with Crippen LogP contribution in [-0.4, -0.2) is 30.5 Å². The Morgan fingerprint density at radius 2 is 1.83 bits per heavy atom. The number of nitrogens with zero attached hydrogens (tertiary/aromatic N) is 1. The van der Waals surface area contributed by atoms with Gasteiger partial charge < -0.3 is 15.0 Å². The van der Waals surface area contributed by atoms with Crippen LogP contribution in [0.15, 0.2) is 54.6 Å². The van der Waals surface area contributed by atoms with Crippen molar-refractivity contribution in [1.82, 2.24) is 4.90 Å². The van der Waals surface area contributed by atoms with Crippen LogP contribution in [0.25, 0.3) is 0 Å². The minimum atomic E-state index is -0.426. The van der Waals surface area contributed by atoms with E-state index in [1.165, 1.54) is 10.5 Å². The molecule has 24 heavy (non-hydrogen) atoms. The quantitative estimate of drug-likeness (QED) is 0.880. The number of hydrogen-bond acceptors (Lipinski definition) is 3. The molecule has 0 unspecified atom stereocenters. The summed E-state index contributed by atoms with van der Waals surface area (Å²) in [4.78, 5) is 25.1. The molecule has 2 rings (SSSR count). The van der Waals surface area contributed by atoms with Gasteiger partial charge in [0.2, 0.25) is 5.91 Å². The van der Waals surface area contributed by atoms with Crippen LogP contribution in [0.3, 0.4) is 0 Å². The first kappa shape index (κ1) is 17.5. The van der Waals surface area contributed by atoms with E-state index in [-0.39, 0.29) is 5.91 Å². The summed E-state index contributed by atoms with van der Waals surface area (Å²) in [7, 11) is 1.70. The lowest BCUT2D eigenvalue weighted by atomic mass is 10.1. The third-order valence-electron chi connectivity index (χ3n) is 3.53. The smallest absolute Gasteiger partial charge is 0.410 e. The van der Waals surface area contributed by atoms with Gasteiger partial charge in [0.1, 0.15) is 5.75 Å². The molecule has 0 aliphatic rings. The van der Waals surface area contributed by atoms with Gasteiger partial charge in [-0.3, -0.25) is 4.79 Å². The Kier molecular flexibility index (Phi) is 6.37. The summed E-state index contributed by atoms with van der Waals surface area (Å²) in [5, 5.41) is 2.74. The summed E-state index contributed by atoms with van der Waals surface area (Å²) in [5.74, 6) is 0.318. The van der Waals surface area contributed by atoms with Crippen LogP contribution in [0, 0.1) is 0 Å². The molecule has 5 nitrogen and oxygen atoms in total. The average molecular weight is 326 g/mol. The summed E-state index contributed by atoms with van der Waals surface area (Å²) in [6.07, 6.45) is 0.732. The maximum atomic E-state index is 12.1. The van der Waals surface area contributed by atoms with Crippen LogP contribution in [0.2, 0.25) is 0 Å². The van der Waals surface area contributed by atoms with Crippen molar-refractivity contribution in [3.8, 4) is 5.75 Å². The Labute approximate surface area is 142 Å². The Hall–Kier alpha value is -2.82. The van der Waals surface area contributed by atoms with Crippen LogP contribution < -0.4 is 10.1 Å². The highest BCUT2D eigenvalue weighted by Gasteiger charge is 2.11. The highest BCUT2D eigenvalue weighted by Crippen LogP contribution is 2.18. The fourth-order valence-electron chi connectivity index (χ4n) is 2.10. The van der Waals surface area contributed by atoms with Crippen LogP contribution in [0.5, 0.6) is 5.75 Å². The van der Waals surface area contributed by atoms with Gasteiger partial charge in [0.25, 0.3) is 0 Å². The van der Waals surface area contributed by atoms with E-state index in [1.807, 2.05) is 30.3 Å². The number of ether oxygens (including phenoxy) is 1. The predicted octanol–water partition coefficient (Wildman–Crippen LogP) is 3.71. The lowest BCUT2D eigenvalue weighted by Gasteiger charge is -2.17. The van der Waals surface area contributed by atoms with Crippen molar-refractivity contribution in [3.05, 3.63) is 60.2 Å². The molecule has 0 aromatic heterocycles. The molecule has 2 amide bonds. The van der Waals surface area contributed by atoms with Crippen molar-refractivity contribution in [2.75, 3.05) is 18.9 Å². The van der Waals surface area contributed by atoms with Crippen molar-refractivity contribution < 1.29 is 14.3 Å². The first-order chi connectivity index (χ1) is 11.6. The minimum Gasteiger partial charge on any atom is -0.410 e. The normalized spacial score (nSPS) is 10.1. The molecule has 2 aromatic carbocycles. The van der Waals surface area contributed by atoms with Crippen LogP contribution >= 0.6 is 0 Å². The zero-order valence-corrected chi connectivity index (χ0v) is 14.0. The van der Waals surface area contributed by atoms with E-state index in [0.717, 1.165) is 6.42 Å². The van der Waals surface area contributed by atoms with E-state index in [9.17, 15) is 9.59 Å². The first-order valence-corrected chi connectivity index (χ1v) is 7.95. The number of carbonyl (C=O) groups is 2. The zero-order chi connectivity index (χ0) is 17.4. The lowest BCUT2D eigenvalue weighted by molar-refractivity contribution is -0.115. The predicted molar refractivity (Wildman–Crippen MR) is 94.2 cm³/mol. The second kappa shape index (κ2) is 8.72. The second-order valence-corrected chi connectivity index (χ2v) is 5.45. The summed E-state index contributed by atoms with van der Waals surface area (Å²) < 4.78 is 5.36.